The Kier molecular flexibility index (Phi) is 7.99. The molecule has 0 rings (SSSR count). The standard InChI is InChI=1S/C10H15NO4/c1-3-7-15-9(12)5-4-6-11-8-10(13)14-2/h3-5,11H,1,6-8H2,2H3. The highest BCUT2D eigenvalue weighted by molar-refractivity contribution is 5.82. The van der Waals surface area contributed by atoms with Gasteiger partial charge < -0.3 is 14.8 Å². The van der Waals surface area contributed by atoms with E-state index in [0.717, 1.165) is 0 Å². The second-order valence-electron chi connectivity index (χ2n) is 2.53. The summed E-state index contributed by atoms with van der Waals surface area (Å²) in [5.74, 6) is -0.785. The van der Waals surface area contributed by atoms with E-state index in [1.54, 1.807) is 6.08 Å². The molecule has 0 amide bonds. The van der Waals surface area contributed by atoms with Crippen LogP contribution in [0.15, 0.2) is 24.8 Å². The molecule has 15 heavy (non-hydrogen) atoms. The fourth-order valence-corrected chi connectivity index (χ4v) is 0.674. The minimum atomic E-state index is -0.435. The molecule has 0 radical (unpaired) electrons. The molecule has 0 aliphatic carbocycles. The van der Waals surface area contributed by atoms with Crippen LogP contribution in [-0.4, -0.2) is 38.7 Å². The maximum absolute atomic E-state index is 10.9. The quantitative estimate of drug-likeness (QED) is 0.280. The van der Waals surface area contributed by atoms with E-state index in [-0.39, 0.29) is 19.1 Å². The minimum Gasteiger partial charge on any atom is -0.468 e. The number of nitrogens with one attached hydrogen (secondary N) is 1. The molecule has 0 unspecified atom stereocenters. The number of carbonyl (C=O) groups excluding carboxylic acids is 2. The fraction of sp³-hybridized carbons (Fsp3) is 0.400. The van der Waals surface area contributed by atoms with Gasteiger partial charge in [0.1, 0.15) is 6.61 Å². The Morgan fingerprint density at radius 1 is 1.47 bits per heavy atom. The van der Waals surface area contributed by atoms with Gasteiger partial charge in [-0.1, -0.05) is 18.7 Å². The first-order chi connectivity index (χ1) is 7.20. The summed E-state index contributed by atoms with van der Waals surface area (Å²) < 4.78 is 9.08. The van der Waals surface area contributed by atoms with Crippen molar-refractivity contribution in [2.24, 2.45) is 0 Å². The molecular weight excluding hydrogens is 198 g/mol. The number of hydrogen-bond acceptors (Lipinski definition) is 5. The molecule has 0 heterocycles. The molecule has 5 nitrogen and oxygen atoms in total. The Morgan fingerprint density at radius 2 is 2.20 bits per heavy atom. The summed E-state index contributed by atoms with van der Waals surface area (Å²) >= 11 is 0. The van der Waals surface area contributed by atoms with Crippen molar-refractivity contribution in [3.63, 3.8) is 0 Å². The van der Waals surface area contributed by atoms with Gasteiger partial charge in [0.05, 0.1) is 13.7 Å². The largest absolute Gasteiger partial charge is 0.468 e. The van der Waals surface area contributed by atoms with E-state index in [9.17, 15) is 9.59 Å². The van der Waals surface area contributed by atoms with E-state index in [0.29, 0.717) is 6.54 Å². The highest BCUT2D eigenvalue weighted by Crippen LogP contribution is 1.81. The van der Waals surface area contributed by atoms with Gasteiger partial charge in [-0.15, -0.1) is 0 Å². The summed E-state index contributed by atoms with van der Waals surface area (Å²) in [5, 5.41) is 2.76. The summed E-state index contributed by atoms with van der Waals surface area (Å²) in [4.78, 5) is 21.5. The third kappa shape index (κ3) is 8.70. The molecule has 5 heteroatoms. The Labute approximate surface area is 88.7 Å². The lowest BCUT2D eigenvalue weighted by atomic mass is 10.5. The van der Waals surface area contributed by atoms with Crippen molar-refractivity contribution in [1.82, 2.24) is 5.32 Å². The van der Waals surface area contributed by atoms with Crippen LogP contribution in [0.4, 0.5) is 0 Å². The molecule has 0 aliphatic heterocycles. The number of hydrogen-bond donors (Lipinski definition) is 1. The monoisotopic (exact) mass is 213 g/mol. The van der Waals surface area contributed by atoms with Crippen LogP contribution in [0.25, 0.3) is 0 Å². The lowest BCUT2D eigenvalue weighted by Crippen LogP contribution is -2.23. The summed E-state index contributed by atoms with van der Waals surface area (Å²) in [5.41, 5.74) is 0. The first-order valence-electron chi connectivity index (χ1n) is 4.42. The maximum Gasteiger partial charge on any atom is 0.330 e. The Morgan fingerprint density at radius 3 is 2.80 bits per heavy atom. The number of carbonyl (C=O) groups is 2. The van der Waals surface area contributed by atoms with Crippen molar-refractivity contribution in [3.05, 3.63) is 24.8 Å². The van der Waals surface area contributed by atoms with Crippen molar-refractivity contribution in [2.75, 3.05) is 26.8 Å². The van der Waals surface area contributed by atoms with E-state index in [2.05, 4.69) is 21.4 Å². The molecule has 0 aliphatic rings. The molecule has 0 spiro atoms. The molecule has 1 N–H and O–H groups in total. The van der Waals surface area contributed by atoms with Crippen LogP contribution < -0.4 is 5.32 Å². The van der Waals surface area contributed by atoms with Crippen LogP contribution in [-0.2, 0) is 19.1 Å². The van der Waals surface area contributed by atoms with Gasteiger partial charge in [0, 0.05) is 12.6 Å². The zero-order valence-corrected chi connectivity index (χ0v) is 8.69. The van der Waals surface area contributed by atoms with Gasteiger partial charge >= 0.3 is 11.9 Å². The lowest BCUT2D eigenvalue weighted by Gasteiger charge is -1.99. The Balaban J connectivity index is 3.49. The normalized spacial score (nSPS) is 9.93. The highest BCUT2D eigenvalue weighted by atomic mass is 16.5. The number of methoxy groups -OCH3 is 1. The number of ether oxygens (including phenoxy) is 2. The van der Waals surface area contributed by atoms with Crippen molar-refractivity contribution in [3.8, 4) is 0 Å². The van der Waals surface area contributed by atoms with Crippen molar-refractivity contribution >= 4 is 11.9 Å². The molecule has 0 atom stereocenters. The van der Waals surface area contributed by atoms with Gasteiger partial charge in [0.25, 0.3) is 0 Å². The predicted molar refractivity (Wildman–Crippen MR) is 55.2 cm³/mol. The van der Waals surface area contributed by atoms with Gasteiger partial charge in [-0.3, -0.25) is 4.79 Å². The molecule has 0 aromatic carbocycles. The Bertz CT molecular complexity index is 248. The van der Waals surface area contributed by atoms with Crippen molar-refractivity contribution in [1.29, 1.82) is 0 Å². The molecule has 0 saturated heterocycles. The highest BCUT2D eigenvalue weighted by Gasteiger charge is 1.96. The second-order valence-corrected chi connectivity index (χ2v) is 2.53. The van der Waals surface area contributed by atoms with Gasteiger partial charge in [-0.05, 0) is 0 Å². The van der Waals surface area contributed by atoms with E-state index < -0.39 is 5.97 Å². The average Bonchev–Trinajstić information content (AvgIpc) is 2.25. The molecule has 0 aromatic rings. The first kappa shape index (κ1) is 13.4. The van der Waals surface area contributed by atoms with Crippen LogP contribution in [0.5, 0.6) is 0 Å². The summed E-state index contributed by atoms with van der Waals surface area (Å²) in [6.45, 7) is 4.11. The molecule has 0 fully saturated rings. The smallest absolute Gasteiger partial charge is 0.330 e. The zero-order chi connectivity index (χ0) is 11.5. The SMILES string of the molecule is C=CCOC(=O)C=CCNCC(=O)OC. The van der Waals surface area contributed by atoms with Crippen LogP contribution in [0.1, 0.15) is 0 Å². The molecule has 0 bridgehead atoms. The van der Waals surface area contributed by atoms with Gasteiger partial charge in [0.15, 0.2) is 0 Å². The summed E-state index contributed by atoms with van der Waals surface area (Å²) in [7, 11) is 1.31. The third-order valence-electron chi connectivity index (χ3n) is 1.36. The van der Waals surface area contributed by atoms with Crippen LogP contribution in [0, 0.1) is 0 Å². The molecule has 84 valence electrons. The second kappa shape index (κ2) is 8.96. The molecule has 0 aromatic heterocycles. The van der Waals surface area contributed by atoms with Crippen LogP contribution in [0.3, 0.4) is 0 Å². The molecular formula is C10H15NO4. The molecule has 0 saturated carbocycles. The first-order valence-corrected chi connectivity index (χ1v) is 4.42. The lowest BCUT2D eigenvalue weighted by molar-refractivity contribution is -0.139. The summed E-state index contributed by atoms with van der Waals surface area (Å²) in [6.07, 6.45) is 4.34. The fourth-order valence-electron chi connectivity index (χ4n) is 0.674. The van der Waals surface area contributed by atoms with Crippen LogP contribution >= 0.6 is 0 Å². The maximum atomic E-state index is 10.9. The Hall–Kier alpha value is -1.62. The van der Waals surface area contributed by atoms with Gasteiger partial charge in [-0.25, -0.2) is 4.79 Å². The average molecular weight is 213 g/mol. The van der Waals surface area contributed by atoms with Gasteiger partial charge in [-0.2, -0.15) is 0 Å². The van der Waals surface area contributed by atoms with E-state index in [1.807, 2.05) is 0 Å². The van der Waals surface area contributed by atoms with Crippen molar-refractivity contribution < 1.29 is 19.1 Å². The number of rotatable bonds is 7. The number of esters is 2. The summed E-state index contributed by atoms with van der Waals surface area (Å²) in [6, 6.07) is 0. The van der Waals surface area contributed by atoms with E-state index in [1.165, 1.54) is 19.3 Å². The van der Waals surface area contributed by atoms with Crippen molar-refractivity contribution in [2.45, 2.75) is 0 Å². The van der Waals surface area contributed by atoms with E-state index >= 15 is 0 Å². The van der Waals surface area contributed by atoms with Crippen LogP contribution in [0.2, 0.25) is 0 Å². The predicted octanol–water partition coefficient (Wildman–Crippen LogP) is 0.0344. The third-order valence-corrected chi connectivity index (χ3v) is 1.36. The van der Waals surface area contributed by atoms with E-state index in [4.69, 9.17) is 0 Å². The topological polar surface area (TPSA) is 64.6 Å². The zero-order valence-electron chi connectivity index (χ0n) is 8.69. The minimum absolute atomic E-state index is 0.114. The van der Waals surface area contributed by atoms with Gasteiger partial charge in [0.2, 0.25) is 0 Å².